The second-order valence-corrected chi connectivity index (χ2v) is 6.79. The number of rotatable bonds is 5. The largest absolute Gasteiger partial charge is 0.461 e. The molecule has 0 aromatic carbocycles. The average molecular weight is 264 g/mol. The van der Waals surface area contributed by atoms with Crippen molar-refractivity contribution in [3.05, 3.63) is 23.3 Å². The molecule has 1 rings (SSSR count). The van der Waals surface area contributed by atoms with Crippen molar-refractivity contribution < 1.29 is 9.31 Å². The number of allylic oxidation sites excluding steroid dienone is 4. The fourth-order valence-electron chi connectivity index (χ4n) is 2.05. The van der Waals surface area contributed by atoms with Gasteiger partial charge in [0.15, 0.2) is 0 Å². The van der Waals surface area contributed by atoms with Gasteiger partial charge in [0.2, 0.25) is 0 Å². The van der Waals surface area contributed by atoms with Gasteiger partial charge < -0.3 is 9.31 Å². The van der Waals surface area contributed by atoms with E-state index in [2.05, 4.69) is 60.6 Å². The van der Waals surface area contributed by atoms with Crippen LogP contribution in [0.15, 0.2) is 23.3 Å². The lowest BCUT2D eigenvalue weighted by atomic mass is 9.84. The van der Waals surface area contributed by atoms with E-state index < -0.39 is 0 Å². The summed E-state index contributed by atoms with van der Waals surface area (Å²) in [6.07, 6.45) is 7.61. The molecule has 0 amide bonds. The molecular weight excluding hydrogens is 235 g/mol. The van der Waals surface area contributed by atoms with E-state index in [-0.39, 0.29) is 18.3 Å². The third kappa shape index (κ3) is 4.81. The Hall–Kier alpha value is -0.535. The van der Waals surface area contributed by atoms with Gasteiger partial charge in [-0.25, -0.2) is 0 Å². The van der Waals surface area contributed by atoms with Crippen molar-refractivity contribution in [2.75, 3.05) is 0 Å². The van der Waals surface area contributed by atoms with Crippen LogP contribution in [0.1, 0.15) is 61.3 Å². The summed E-state index contributed by atoms with van der Waals surface area (Å²) >= 11 is 0. The minimum atomic E-state index is -0.221. The van der Waals surface area contributed by atoms with E-state index >= 15 is 0 Å². The van der Waals surface area contributed by atoms with Crippen LogP contribution >= 0.6 is 0 Å². The minimum absolute atomic E-state index is 0.108. The lowest BCUT2D eigenvalue weighted by Crippen LogP contribution is -2.41. The van der Waals surface area contributed by atoms with Crippen molar-refractivity contribution in [2.45, 2.75) is 78.8 Å². The van der Waals surface area contributed by atoms with Gasteiger partial charge in [0.25, 0.3) is 0 Å². The zero-order chi connectivity index (χ0) is 14.7. The summed E-state index contributed by atoms with van der Waals surface area (Å²) in [7, 11) is -0.108. The highest BCUT2D eigenvalue weighted by atomic mass is 16.7. The van der Waals surface area contributed by atoms with Gasteiger partial charge in [0.05, 0.1) is 11.2 Å². The predicted molar refractivity (Wildman–Crippen MR) is 83.3 cm³/mol. The maximum absolute atomic E-state index is 5.98. The van der Waals surface area contributed by atoms with Gasteiger partial charge >= 0.3 is 7.12 Å². The molecule has 0 spiro atoms. The quantitative estimate of drug-likeness (QED) is 0.526. The molecule has 0 bridgehead atoms. The maximum Gasteiger partial charge on any atom is 0.461 e. The van der Waals surface area contributed by atoms with Crippen LogP contribution in [0.5, 0.6) is 0 Å². The second-order valence-electron chi connectivity index (χ2n) is 6.79. The lowest BCUT2D eigenvalue weighted by Gasteiger charge is -2.32. The van der Waals surface area contributed by atoms with Crippen LogP contribution in [0.3, 0.4) is 0 Å². The van der Waals surface area contributed by atoms with E-state index in [1.54, 1.807) is 0 Å². The summed E-state index contributed by atoms with van der Waals surface area (Å²) in [6.45, 7) is 14.9. The Morgan fingerprint density at radius 2 is 1.47 bits per heavy atom. The molecule has 0 aliphatic carbocycles. The van der Waals surface area contributed by atoms with E-state index in [1.807, 2.05) is 0 Å². The van der Waals surface area contributed by atoms with Gasteiger partial charge in [-0.05, 0) is 61.3 Å². The first-order chi connectivity index (χ1) is 8.64. The van der Waals surface area contributed by atoms with E-state index in [1.165, 1.54) is 11.1 Å². The van der Waals surface area contributed by atoms with Crippen molar-refractivity contribution in [1.82, 2.24) is 0 Å². The summed E-state index contributed by atoms with van der Waals surface area (Å²) in [5.41, 5.74) is 2.36. The standard InChI is InChI=1S/C16H29BO2/c1-13(2)9-8-10-14(3)11-12-17-18-15(4,5)16(6,7)19-17/h9,11H,8,10,12H2,1-7H3/b14-11-. The van der Waals surface area contributed by atoms with E-state index in [0.717, 1.165) is 19.2 Å². The fraction of sp³-hybridized carbons (Fsp3) is 0.750. The molecule has 2 nitrogen and oxygen atoms in total. The molecule has 1 fully saturated rings. The first-order valence-electron chi connectivity index (χ1n) is 7.29. The molecule has 1 heterocycles. The molecule has 0 unspecified atom stereocenters. The first-order valence-corrected chi connectivity index (χ1v) is 7.29. The highest BCUT2D eigenvalue weighted by Gasteiger charge is 2.50. The summed E-state index contributed by atoms with van der Waals surface area (Å²) < 4.78 is 12.0. The van der Waals surface area contributed by atoms with Crippen LogP contribution in [0.25, 0.3) is 0 Å². The predicted octanol–water partition coefficient (Wildman–Crippen LogP) is 4.77. The molecule has 1 aliphatic rings. The van der Waals surface area contributed by atoms with Crippen molar-refractivity contribution >= 4 is 7.12 Å². The van der Waals surface area contributed by atoms with E-state index in [4.69, 9.17) is 9.31 Å². The maximum atomic E-state index is 5.98. The van der Waals surface area contributed by atoms with Crippen LogP contribution in [0.2, 0.25) is 6.32 Å². The Morgan fingerprint density at radius 1 is 0.947 bits per heavy atom. The Morgan fingerprint density at radius 3 is 1.95 bits per heavy atom. The van der Waals surface area contributed by atoms with Crippen LogP contribution < -0.4 is 0 Å². The van der Waals surface area contributed by atoms with Gasteiger partial charge in [-0.2, -0.15) is 0 Å². The zero-order valence-electron chi connectivity index (χ0n) is 13.7. The molecule has 19 heavy (non-hydrogen) atoms. The highest BCUT2D eigenvalue weighted by molar-refractivity contribution is 6.46. The third-order valence-corrected chi connectivity index (χ3v) is 4.05. The van der Waals surface area contributed by atoms with Gasteiger partial charge in [-0.1, -0.05) is 23.3 Å². The normalized spacial score (nSPS) is 21.6. The van der Waals surface area contributed by atoms with Crippen LogP contribution in [0.4, 0.5) is 0 Å². The highest BCUT2D eigenvalue weighted by Crippen LogP contribution is 2.37. The molecule has 3 heteroatoms. The van der Waals surface area contributed by atoms with Gasteiger partial charge in [-0.15, -0.1) is 0 Å². The monoisotopic (exact) mass is 264 g/mol. The summed E-state index contributed by atoms with van der Waals surface area (Å²) in [5, 5.41) is 0. The summed E-state index contributed by atoms with van der Waals surface area (Å²) in [5.74, 6) is 0. The topological polar surface area (TPSA) is 18.5 Å². The lowest BCUT2D eigenvalue weighted by molar-refractivity contribution is 0.00578. The fourth-order valence-corrected chi connectivity index (χ4v) is 2.05. The molecule has 108 valence electrons. The molecule has 0 N–H and O–H groups in total. The molecule has 1 saturated heterocycles. The zero-order valence-corrected chi connectivity index (χ0v) is 13.7. The van der Waals surface area contributed by atoms with Gasteiger partial charge in [0.1, 0.15) is 0 Å². The average Bonchev–Trinajstić information content (AvgIpc) is 2.44. The first kappa shape index (κ1) is 16.5. The molecule has 0 radical (unpaired) electrons. The SMILES string of the molecule is CC(C)=CCC/C(C)=C\CB1OC(C)(C)C(C)(C)O1. The Bertz CT molecular complexity index is 347. The van der Waals surface area contributed by atoms with Crippen molar-refractivity contribution in [3.8, 4) is 0 Å². The summed E-state index contributed by atoms with van der Waals surface area (Å²) in [4.78, 5) is 0. The second kappa shape index (κ2) is 6.28. The Kier molecular flexibility index (Phi) is 5.46. The number of hydrogen-bond donors (Lipinski definition) is 0. The molecular formula is C16H29BO2. The number of hydrogen-bond acceptors (Lipinski definition) is 2. The van der Waals surface area contributed by atoms with Gasteiger partial charge in [-0.3, -0.25) is 0 Å². The Balaban J connectivity index is 2.43. The van der Waals surface area contributed by atoms with E-state index in [9.17, 15) is 0 Å². The van der Waals surface area contributed by atoms with Crippen LogP contribution in [-0.4, -0.2) is 18.3 Å². The molecule has 1 aliphatic heterocycles. The third-order valence-electron chi connectivity index (χ3n) is 4.05. The smallest absolute Gasteiger partial charge is 0.403 e. The van der Waals surface area contributed by atoms with Crippen molar-refractivity contribution in [2.24, 2.45) is 0 Å². The van der Waals surface area contributed by atoms with Crippen LogP contribution in [0, 0.1) is 0 Å². The van der Waals surface area contributed by atoms with E-state index in [0.29, 0.717) is 0 Å². The van der Waals surface area contributed by atoms with Gasteiger partial charge in [0, 0.05) is 6.32 Å². The minimum Gasteiger partial charge on any atom is -0.403 e. The molecule has 0 aromatic rings. The molecule has 0 saturated carbocycles. The van der Waals surface area contributed by atoms with Crippen LogP contribution in [-0.2, 0) is 9.31 Å². The molecule has 0 aromatic heterocycles. The van der Waals surface area contributed by atoms with Crippen molar-refractivity contribution in [1.29, 1.82) is 0 Å². The molecule has 0 atom stereocenters. The Labute approximate surface area is 119 Å². The van der Waals surface area contributed by atoms with Crippen molar-refractivity contribution in [3.63, 3.8) is 0 Å². The summed E-state index contributed by atoms with van der Waals surface area (Å²) in [6, 6.07) is 0.